The van der Waals surface area contributed by atoms with E-state index in [0.29, 0.717) is 31.4 Å². The molecule has 2 fully saturated rings. The van der Waals surface area contributed by atoms with E-state index in [4.69, 9.17) is 11.1 Å². The van der Waals surface area contributed by atoms with Gasteiger partial charge in [0.05, 0.1) is 16.8 Å². The maximum atomic E-state index is 15.4. The molecule has 1 saturated carbocycles. The van der Waals surface area contributed by atoms with Gasteiger partial charge < -0.3 is 14.3 Å². The Balaban J connectivity index is 1.11. The van der Waals surface area contributed by atoms with Crippen LogP contribution >= 0.6 is 0 Å². The van der Waals surface area contributed by atoms with Crippen LogP contribution in [0.3, 0.4) is 0 Å². The summed E-state index contributed by atoms with van der Waals surface area (Å²) in [6, 6.07) is 15.9. The first-order valence-electron chi connectivity index (χ1n) is 16.9. The molecule has 1 N–H and O–H groups in total. The number of hydrogen-bond donors (Lipinski definition) is 1. The van der Waals surface area contributed by atoms with Crippen LogP contribution < -0.4 is 10.2 Å². The number of rotatable bonds is 10. The van der Waals surface area contributed by atoms with Crippen LogP contribution in [-0.4, -0.2) is 46.3 Å². The number of nitrogens with zero attached hydrogens (tertiary/aromatic N) is 4. The lowest BCUT2D eigenvalue weighted by Gasteiger charge is -2.28. The number of nitrogens with one attached hydrogen (secondary N) is 1. The van der Waals surface area contributed by atoms with E-state index in [1.807, 2.05) is 26.0 Å². The van der Waals surface area contributed by atoms with Crippen LogP contribution in [-0.2, 0) is 21.5 Å². The normalized spacial score (nSPS) is 17.8. The molecule has 0 radical (unpaired) electrons. The van der Waals surface area contributed by atoms with Gasteiger partial charge in [-0.2, -0.15) is 0 Å². The molecule has 3 heterocycles. The van der Waals surface area contributed by atoms with Crippen LogP contribution in [0.2, 0.25) is 0 Å². The van der Waals surface area contributed by atoms with Crippen molar-refractivity contribution in [1.29, 1.82) is 0 Å². The van der Waals surface area contributed by atoms with E-state index in [1.54, 1.807) is 0 Å². The van der Waals surface area contributed by atoms with Crippen molar-refractivity contribution < 1.29 is 28.1 Å². The number of fused-ring (bicyclic) bond motifs is 1. The van der Waals surface area contributed by atoms with Gasteiger partial charge in [0, 0.05) is 48.3 Å². The first-order chi connectivity index (χ1) is 24.0. The van der Waals surface area contributed by atoms with Crippen LogP contribution in [0.5, 0.6) is 0 Å². The molecule has 1 atom stereocenters. The summed E-state index contributed by atoms with van der Waals surface area (Å²) in [5.74, 6) is -2.40. The molecule has 3 aromatic carbocycles. The van der Waals surface area contributed by atoms with Gasteiger partial charge in [-0.3, -0.25) is 29.4 Å². The van der Waals surface area contributed by atoms with E-state index in [0.717, 1.165) is 68.9 Å². The Morgan fingerprint density at radius 2 is 1.72 bits per heavy atom. The van der Waals surface area contributed by atoms with Crippen LogP contribution in [0, 0.1) is 33.2 Å². The Morgan fingerprint density at radius 1 is 1.00 bits per heavy atom. The molecular weight excluding hydrogens is 637 g/mol. The van der Waals surface area contributed by atoms with Crippen molar-refractivity contribution in [3.05, 3.63) is 111 Å². The summed E-state index contributed by atoms with van der Waals surface area (Å²) in [4.78, 5) is 57.4. The number of benzene rings is 3. The summed E-state index contributed by atoms with van der Waals surface area (Å²) in [6.07, 6.45) is 3.37. The van der Waals surface area contributed by atoms with E-state index in [-0.39, 0.29) is 24.0 Å². The van der Waals surface area contributed by atoms with Gasteiger partial charge in [0.1, 0.15) is 17.6 Å². The summed E-state index contributed by atoms with van der Waals surface area (Å²) in [5.41, 5.74) is 6.70. The molecule has 3 aliphatic rings. The third-order valence-corrected chi connectivity index (χ3v) is 10.2. The summed E-state index contributed by atoms with van der Waals surface area (Å²) in [5, 5.41) is 6.32. The fourth-order valence-electron chi connectivity index (χ4n) is 7.19. The van der Waals surface area contributed by atoms with Gasteiger partial charge in [0.25, 0.3) is 17.4 Å². The lowest BCUT2D eigenvalue weighted by atomic mass is 9.99. The molecule has 1 aliphatic carbocycles. The number of piperidine rings is 1. The number of imide groups is 2. The van der Waals surface area contributed by atoms with Gasteiger partial charge >= 0.3 is 0 Å². The molecular formula is C39H36FN5O5. The number of halogens is 1. The lowest BCUT2D eigenvalue weighted by molar-refractivity contribution is -0.136. The largest absolute Gasteiger partial charge is 0.361 e. The van der Waals surface area contributed by atoms with Crippen molar-refractivity contribution in [2.24, 2.45) is 0 Å². The van der Waals surface area contributed by atoms with Crippen molar-refractivity contribution in [1.82, 2.24) is 15.4 Å². The van der Waals surface area contributed by atoms with Crippen LogP contribution in [0.25, 0.3) is 16.0 Å². The number of carbonyl (C=O) groups excluding carboxylic acids is 4. The summed E-state index contributed by atoms with van der Waals surface area (Å²) < 4.78 is 20.8. The van der Waals surface area contributed by atoms with Gasteiger partial charge in [-0.05, 0) is 106 Å². The number of unbranched alkanes of at least 4 members (excludes halogenated alkanes) is 1. The fraction of sp³-hybridized carbons (Fsp3) is 0.333. The minimum absolute atomic E-state index is 0.00991. The van der Waals surface area contributed by atoms with Gasteiger partial charge in [0.2, 0.25) is 11.8 Å². The monoisotopic (exact) mass is 673 g/mol. The number of carbonyl (C=O) groups is 4. The van der Waals surface area contributed by atoms with Gasteiger partial charge in [-0.15, -0.1) is 0 Å². The van der Waals surface area contributed by atoms with Crippen LogP contribution in [0.1, 0.15) is 87.4 Å². The summed E-state index contributed by atoms with van der Waals surface area (Å²) >= 11 is 0. The minimum Gasteiger partial charge on any atom is -0.361 e. The Kier molecular flexibility index (Phi) is 8.34. The molecule has 0 bridgehead atoms. The third kappa shape index (κ3) is 5.74. The molecule has 1 unspecified atom stereocenters. The molecule has 0 spiro atoms. The van der Waals surface area contributed by atoms with E-state index < -0.39 is 41.0 Å². The average molecular weight is 674 g/mol. The lowest BCUT2D eigenvalue weighted by Crippen LogP contribution is -2.54. The van der Waals surface area contributed by atoms with Crippen molar-refractivity contribution >= 4 is 35.0 Å². The first kappa shape index (κ1) is 32.9. The topological polar surface area (TPSA) is 117 Å². The highest BCUT2D eigenvalue weighted by Crippen LogP contribution is 2.50. The zero-order chi connectivity index (χ0) is 35.3. The van der Waals surface area contributed by atoms with E-state index in [9.17, 15) is 19.2 Å². The van der Waals surface area contributed by atoms with E-state index in [1.165, 1.54) is 6.07 Å². The van der Waals surface area contributed by atoms with Crippen molar-refractivity contribution in [2.45, 2.75) is 77.3 Å². The highest BCUT2D eigenvalue weighted by molar-refractivity contribution is 6.23. The van der Waals surface area contributed by atoms with E-state index >= 15 is 4.39 Å². The molecule has 254 valence electrons. The van der Waals surface area contributed by atoms with Crippen LogP contribution in [0.15, 0.2) is 59.1 Å². The average Bonchev–Trinajstić information content (AvgIpc) is 3.78. The maximum Gasteiger partial charge on any atom is 0.262 e. The van der Waals surface area contributed by atoms with Crippen molar-refractivity contribution in [3.8, 4) is 11.1 Å². The molecule has 7 rings (SSSR count). The Hall–Kier alpha value is -5.63. The van der Waals surface area contributed by atoms with Crippen molar-refractivity contribution in [2.75, 3.05) is 11.4 Å². The smallest absolute Gasteiger partial charge is 0.262 e. The predicted octanol–water partition coefficient (Wildman–Crippen LogP) is 6.88. The molecule has 10 nitrogen and oxygen atoms in total. The molecule has 1 saturated heterocycles. The number of hydrogen-bond acceptors (Lipinski definition) is 7. The second-order valence-corrected chi connectivity index (χ2v) is 13.4. The Labute approximate surface area is 289 Å². The maximum absolute atomic E-state index is 15.4. The van der Waals surface area contributed by atoms with Crippen LogP contribution in [0.4, 0.5) is 15.8 Å². The third-order valence-electron chi connectivity index (χ3n) is 10.2. The molecule has 11 heteroatoms. The number of aryl methyl sites for hydroxylation is 4. The molecule has 1 aromatic heterocycles. The Bertz CT molecular complexity index is 2090. The number of anilines is 2. The second kappa shape index (κ2) is 12.7. The zero-order valence-corrected chi connectivity index (χ0v) is 28.1. The zero-order valence-electron chi connectivity index (χ0n) is 28.1. The number of amides is 4. The highest BCUT2D eigenvalue weighted by Gasteiger charge is 2.52. The fourth-order valence-corrected chi connectivity index (χ4v) is 7.19. The summed E-state index contributed by atoms with van der Waals surface area (Å²) in [6.45, 7) is 14.1. The van der Waals surface area contributed by atoms with Gasteiger partial charge in [-0.25, -0.2) is 11.0 Å². The molecule has 4 amide bonds. The molecule has 2 aliphatic heterocycles. The first-order valence-corrected chi connectivity index (χ1v) is 16.9. The molecule has 50 heavy (non-hydrogen) atoms. The molecule has 4 aromatic rings. The SMILES string of the molecule is [C-]#[N+]C1(c2ccc(N(CCCCc3cc4c(cc3F)C(=O)N(C3CCC(=O)NC3=O)C4=O)c3cc(-c4c(C)noc4C)ccc3C)cc2)CC1. The number of aromatic nitrogens is 1. The van der Waals surface area contributed by atoms with Gasteiger partial charge in [0.15, 0.2) is 0 Å². The minimum atomic E-state index is -1.11. The predicted molar refractivity (Wildman–Crippen MR) is 183 cm³/mol. The quantitative estimate of drug-likeness (QED) is 0.111. The van der Waals surface area contributed by atoms with Gasteiger partial charge in [-0.1, -0.05) is 17.3 Å². The van der Waals surface area contributed by atoms with E-state index in [2.05, 4.69) is 57.5 Å². The van der Waals surface area contributed by atoms with Crippen molar-refractivity contribution in [3.63, 3.8) is 0 Å². The standard InChI is InChI=1S/C39H36FN5O5/c1-22-8-9-26(35-23(2)43-50-24(35)3)20-33(22)44(28-12-10-27(11-13-28)39(41-4)16-17-39)18-6-5-7-25-19-29-30(21-31(25)40)38(49)45(37(29)48)32-14-15-34(46)42-36(32)47/h8-13,19-21,32H,5-7,14-18H2,1-3H3,(H,42,46,47). The second-order valence-electron chi connectivity index (χ2n) is 13.4. The highest BCUT2D eigenvalue weighted by atomic mass is 19.1. The Morgan fingerprint density at radius 3 is 2.36 bits per heavy atom. The summed E-state index contributed by atoms with van der Waals surface area (Å²) in [7, 11) is 0.